The van der Waals surface area contributed by atoms with Gasteiger partial charge in [0, 0.05) is 44.4 Å². The third-order valence-electron chi connectivity index (χ3n) is 6.43. The van der Waals surface area contributed by atoms with Crippen molar-refractivity contribution in [3.63, 3.8) is 0 Å². The van der Waals surface area contributed by atoms with Crippen LogP contribution in [0.5, 0.6) is 0 Å². The predicted molar refractivity (Wildman–Crippen MR) is 139 cm³/mol. The van der Waals surface area contributed by atoms with E-state index < -0.39 is 0 Å². The second kappa shape index (κ2) is 10.5. The second-order valence-corrected chi connectivity index (χ2v) is 9.11. The monoisotopic (exact) mass is 489 g/mol. The van der Waals surface area contributed by atoms with Crippen molar-refractivity contribution in [1.29, 1.82) is 0 Å². The third-order valence-corrected chi connectivity index (χ3v) is 6.73. The Kier molecular flexibility index (Phi) is 6.99. The molecule has 1 saturated heterocycles. The first-order chi connectivity index (χ1) is 17.1. The maximum absolute atomic E-state index is 13.3. The lowest BCUT2D eigenvalue weighted by molar-refractivity contribution is 0.159. The minimum atomic E-state index is -0.275. The smallest absolute Gasteiger partial charge is 0.320 e. The van der Waals surface area contributed by atoms with Gasteiger partial charge in [0.2, 0.25) is 0 Å². The summed E-state index contributed by atoms with van der Waals surface area (Å²) in [6, 6.07) is 23.4. The topological polar surface area (TPSA) is 70.9 Å². The average Bonchev–Trinajstić information content (AvgIpc) is 3.46. The lowest BCUT2D eigenvalue weighted by atomic mass is 9.94. The average molecular weight is 490 g/mol. The van der Waals surface area contributed by atoms with E-state index >= 15 is 0 Å². The Morgan fingerprint density at radius 3 is 2.54 bits per heavy atom. The summed E-state index contributed by atoms with van der Waals surface area (Å²) >= 11 is 6.42. The molecule has 2 aromatic heterocycles. The first-order valence-corrected chi connectivity index (χ1v) is 12.1. The number of halogens is 1. The van der Waals surface area contributed by atoms with Crippen LogP contribution in [0, 0.1) is 0 Å². The number of fused-ring (bicyclic) bond motifs is 1. The molecule has 0 radical (unpaired) electrons. The van der Waals surface area contributed by atoms with Gasteiger partial charge >= 0.3 is 6.03 Å². The van der Waals surface area contributed by atoms with Crippen molar-refractivity contribution in [2.75, 3.05) is 38.7 Å². The number of pyridine rings is 1. The summed E-state index contributed by atoms with van der Waals surface area (Å²) in [6.45, 7) is 3.09. The quantitative estimate of drug-likeness (QED) is 0.387. The van der Waals surface area contributed by atoms with Crippen LogP contribution in [0.4, 0.5) is 10.6 Å². The first-order valence-electron chi connectivity index (χ1n) is 11.7. The highest BCUT2D eigenvalue weighted by atomic mass is 35.5. The van der Waals surface area contributed by atoms with Crippen LogP contribution in [0.15, 0.2) is 79.0 Å². The summed E-state index contributed by atoms with van der Waals surface area (Å²) in [5, 5.41) is 6.81. The van der Waals surface area contributed by atoms with E-state index in [1.54, 1.807) is 13.2 Å². The van der Waals surface area contributed by atoms with E-state index in [1.807, 2.05) is 65.2 Å². The molecule has 2 amide bonds. The highest BCUT2D eigenvalue weighted by molar-refractivity contribution is 6.33. The van der Waals surface area contributed by atoms with Crippen LogP contribution in [0.2, 0.25) is 5.02 Å². The van der Waals surface area contributed by atoms with Gasteiger partial charge in [0.25, 0.3) is 0 Å². The Hall–Kier alpha value is -3.39. The number of nitrogens with zero attached hydrogens (tertiary/aromatic N) is 3. The maximum Gasteiger partial charge on any atom is 0.320 e. The van der Waals surface area contributed by atoms with Gasteiger partial charge in [-0.25, -0.2) is 9.78 Å². The third kappa shape index (κ3) is 5.03. The molecule has 0 aliphatic carbocycles. The van der Waals surface area contributed by atoms with Crippen molar-refractivity contribution < 1.29 is 9.53 Å². The number of ether oxygens (including phenoxy) is 1. The summed E-state index contributed by atoms with van der Waals surface area (Å²) in [5.74, 6) is 0.765. The normalized spacial score (nSPS) is 18.1. The Labute approximate surface area is 209 Å². The fourth-order valence-electron chi connectivity index (χ4n) is 4.74. The van der Waals surface area contributed by atoms with Crippen molar-refractivity contribution in [1.82, 2.24) is 19.6 Å². The minimum Gasteiger partial charge on any atom is -0.383 e. The van der Waals surface area contributed by atoms with Crippen LogP contribution >= 0.6 is 11.6 Å². The molecular formula is C27H28ClN5O2. The molecule has 1 fully saturated rings. The highest BCUT2D eigenvalue weighted by Crippen LogP contribution is 2.32. The lowest BCUT2D eigenvalue weighted by Gasteiger charge is -2.21. The molecule has 0 spiro atoms. The largest absolute Gasteiger partial charge is 0.383 e. The zero-order valence-corrected chi connectivity index (χ0v) is 20.3. The van der Waals surface area contributed by atoms with Crippen molar-refractivity contribution in [3.05, 3.63) is 89.6 Å². The molecule has 2 aromatic carbocycles. The number of hydrogen-bond donors (Lipinski definition) is 2. The Bertz CT molecular complexity index is 1300. The molecule has 8 heteroatoms. The molecule has 3 heterocycles. The van der Waals surface area contributed by atoms with Gasteiger partial charge in [-0.3, -0.25) is 14.6 Å². The molecule has 2 N–H and O–H groups in total. The fourth-order valence-corrected chi connectivity index (χ4v) is 4.94. The maximum atomic E-state index is 13.3. The Morgan fingerprint density at radius 2 is 1.80 bits per heavy atom. The van der Waals surface area contributed by atoms with Gasteiger partial charge < -0.3 is 10.1 Å². The number of nitrogens with one attached hydrogen (secondary N) is 2. The van der Waals surface area contributed by atoms with Crippen molar-refractivity contribution in [3.8, 4) is 11.3 Å². The van der Waals surface area contributed by atoms with Crippen LogP contribution in [0.25, 0.3) is 16.9 Å². The van der Waals surface area contributed by atoms with Gasteiger partial charge in [-0.1, -0.05) is 72.3 Å². The van der Waals surface area contributed by atoms with Gasteiger partial charge in [0.05, 0.1) is 17.7 Å². The second-order valence-electron chi connectivity index (χ2n) is 8.70. The summed E-state index contributed by atoms with van der Waals surface area (Å²) in [4.78, 5) is 20.4. The summed E-state index contributed by atoms with van der Waals surface area (Å²) in [5.41, 5.74) is 3.37. The van der Waals surface area contributed by atoms with Crippen molar-refractivity contribution >= 4 is 29.1 Å². The lowest BCUT2D eigenvalue weighted by Crippen LogP contribution is -2.42. The minimum absolute atomic E-state index is 0.0443. The zero-order valence-electron chi connectivity index (χ0n) is 19.5. The molecule has 5 rings (SSSR count). The van der Waals surface area contributed by atoms with Crippen LogP contribution in [-0.4, -0.2) is 59.7 Å². The van der Waals surface area contributed by atoms with Crippen LogP contribution in [0.1, 0.15) is 11.5 Å². The predicted octanol–water partition coefficient (Wildman–Crippen LogP) is 4.89. The van der Waals surface area contributed by atoms with Gasteiger partial charge in [-0.05, 0) is 17.7 Å². The van der Waals surface area contributed by atoms with Gasteiger partial charge in [-0.15, -0.1) is 0 Å². The number of benzene rings is 2. The molecule has 7 nitrogen and oxygen atoms in total. The van der Waals surface area contributed by atoms with E-state index in [0.717, 1.165) is 25.2 Å². The molecular weight excluding hydrogens is 462 g/mol. The summed E-state index contributed by atoms with van der Waals surface area (Å²) < 4.78 is 7.09. The van der Waals surface area contributed by atoms with Gasteiger partial charge in [-0.2, -0.15) is 0 Å². The number of carbonyl (C=O) groups excluding carboxylic acids is 1. The molecule has 180 valence electrons. The van der Waals surface area contributed by atoms with E-state index in [9.17, 15) is 4.79 Å². The fraction of sp³-hybridized carbons (Fsp3) is 0.259. The number of hydrogen-bond acceptors (Lipinski definition) is 4. The molecule has 35 heavy (non-hydrogen) atoms. The molecule has 0 saturated carbocycles. The van der Waals surface area contributed by atoms with E-state index in [2.05, 4.69) is 27.7 Å². The molecule has 0 bridgehead atoms. The standard InChI is InChI=1S/C27H28ClN5O2/c1-35-16-15-32-17-21(19-9-4-2-5-10-19)23(18-32)29-27(34)31-26-24(20-11-6-3-7-12-20)30-25-22(28)13-8-14-33(25)26/h2-14,21,23H,15-18H2,1H3,(H2,29,31,34)/t21-,23+/m0/s1. The summed E-state index contributed by atoms with van der Waals surface area (Å²) in [7, 11) is 1.71. The Morgan fingerprint density at radius 1 is 1.06 bits per heavy atom. The number of rotatable bonds is 7. The highest BCUT2D eigenvalue weighted by Gasteiger charge is 2.34. The molecule has 2 atom stereocenters. The number of imidazole rings is 1. The van der Waals surface area contributed by atoms with E-state index in [-0.39, 0.29) is 18.0 Å². The number of carbonyl (C=O) groups is 1. The molecule has 4 aromatic rings. The van der Waals surface area contributed by atoms with Gasteiger partial charge in [0.1, 0.15) is 11.5 Å². The number of likely N-dealkylation sites (tertiary alicyclic amines) is 1. The van der Waals surface area contributed by atoms with Crippen molar-refractivity contribution in [2.45, 2.75) is 12.0 Å². The number of methoxy groups -OCH3 is 1. The SMILES string of the molecule is COCCN1C[C@@H](NC(=O)Nc2c(-c3ccccc3)nc3c(Cl)cccn23)[C@H](c2ccccc2)C1. The Balaban J connectivity index is 1.41. The van der Waals surface area contributed by atoms with E-state index in [4.69, 9.17) is 21.3 Å². The number of urea groups is 1. The van der Waals surface area contributed by atoms with Crippen LogP contribution in [-0.2, 0) is 4.74 Å². The number of aromatic nitrogens is 2. The van der Waals surface area contributed by atoms with E-state index in [1.165, 1.54) is 5.56 Å². The first kappa shape index (κ1) is 23.4. The summed E-state index contributed by atoms with van der Waals surface area (Å²) in [6.07, 6.45) is 1.85. The molecule has 1 aliphatic heterocycles. The van der Waals surface area contributed by atoms with Crippen LogP contribution in [0.3, 0.4) is 0 Å². The zero-order chi connectivity index (χ0) is 24.2. The van der Waals surface area contributed by atoms with Crippen LogP contribution < -0.4 is 10.6 Å². The van der Waals surface area contributed by atoms with E-state index in [0.29, 0.717) is 28.8 Å². The van der Waals surface area contributed by atoms with Crippen molar-refractivity contribution in [2.24, 2.45) is 0 Å². The molecule has 1 aliphatic rings. The number of amides is 2. The number of anilines is 1. The van der Waals surface area contributed by atoms with Gasteiger partial charge in [0.15, 0.2) is 5.65 Å². The molecule has 0 unspecified atom stereocenters.